The van der Waals surface area contributed by atoms with Crippen molar-refractivity contribution >= 4 is 14.3 Å². The SMILES string of the molecule is COC(=O)c1ccc(F)nc1CCCO[Si](C)(C)C(C)(C)C. The Morgan fingerprint density at radius 3 is 2.50 bits per heavy atom. The molecular weight excluding hydrogens is 301 g/mol. The molecule has 4 nitrogen and oxygen atoms in total. The first kappa shape index (κ1) is 18.8. The van der Waals surface area contributed by atoms with Crippen molar-refractivity contribution in [2.75, 3.05) is 13.7 Å². The Hall–Kier alpha value is -1.27. The number of hydrogen-bond acceptors (Lipinski definition) is 4. The molecule has 0 saturated heterocycles. The average molecular weight is 327 g/mol. The fourth-order valence-electron chi connectivity index (χ4n) is 1.74. The highest BCUT2D eigenvalue weighted by molar-refractivity contribution is 6.74. The maximum absolute atomic E-state index is 13.3. The number of aryl methyl sites for hydroxylation is 1. The van der Waals surface area contributed by atoms with Gasteiger partial charge in [0.1, 0.15) is 0 Å². The van der Waals surface area contributed by atoms with Crippen LogP contribution in [0.25, 0.3) is 0 Å². The minimum atomic E-state index is -1.78. The highest BCUT2D eigenvalue weighted by atomic mass is 28.4. The molecule has 0 bridgehead atoms. The number of esters is 1. The zero-order valence-electron chi connectivity index (χ0n) is 14.3. The lowest BCUT2D eigenvalue weighted by Gasteiger charge is -2.36. The standard InChI is InChI=1S/C16H26FNO3Si/c1-16(2,3)22(5,6)21-11-7-8-13-12(15(19)20-4)9-10-14(17)18-13/h9-10H,7-8,11H2,1-6H3. The highest BCUT2D eigenvalue weighted by Crippen LogP contribution is 2.36. The van der Waals surface area contributed by atoms with Gasteiger partial charge in [0.2, 0.25) is 5.95 Å². The third-order valence-corrected chi connectivity index (χ3v) is 8.71. The zero-order valence-corrected chi connectivity index (χ0v) is 15.3. The van der Waals surface area contributed by atoms with Gasteiger partial charge in [-0.05, 0) is 43.1 Å². The van der Waals surface area contributed by atoms with E-state index < -0.39 is 20.2 Å². The first-order valence-electron chi connectivity index (χ1n) is 7.46. The second-order valence-corrected chi connectivity index (χ2v) is 11.6. The maximum Gasteiger partial charge on any atom is 0.339 e. The van der Waals surface area contributed by atoms with E-state index in [1.165, 1.54) is 19.2 Å². The van der Waals surface area contributed by atoms with Crippen molar-refractivity contribution < 1.29 is 18.3 Å². The predicted molar refractivity (Wildman–Crippen MR) is 87.0 cm³/mol. The van der Waals surface area contributed by atoms with Gasteiger partial charge in [0, 0.05) is 6.61 Å². The molecule has 0 fully saturated rings. The van der Waals surface area contributed by atoms with Gasteiger partial charge in [-0.3, -0.25) is 0 Å². The molecule has 1 aromatic rings. The number of carbonyl (C=O) groups excluding carboxylic acids is 1. The number of rotatable bonds is 6. The van der Waals surface area contributed by atoms with Crippen LogP contribution in [0.5, 0.6) is 0 Å². The summed E-state index contributed by atoms with van der Waals surface area (Å²) in [4.78, 5) is 15.5. The second kappa shape index (κ2) is 7.33. The van der Waals surface area contributed by atoms with Gasteiger partial charge >= 0.3 is 5.97 Å². The number of nitrogens with zero attached hydrogens (tertiary/aromatic N) is 1. The molecule has 0 aromatic carbocycles. The van der Waals surface area contributed by atoms with Crippen LogP contribution >= 0.6 is 0 Å². The molecule has 1 aromatic heterocycles. The summed E-state index contributed by atoms with van der Waals surface area (Å²) in [7, 11) is -0.481. The van der Waals surface area contributed by atoms with Gasteiger partial charge in [-0.25, -0.2) is 9.78 Å². The van der Waals surface area contributed by atoms with Crippen LogP contribution in [0.3, 0.4) is 0 Å². The van der Waals surface area contributed by atoms with Crippen molar-refractivity contribution in [3.05, 3.63) is 29.3 Å². The van der Waals surface area contributed by atoms with Gasteiger partial charge in [0.15, 0.2) is 8.32 Å². The molecule has 0 aliphatic rings. The molecule has 6 heteroatoms. The Morgan fingerprint density at radius 1 is 1.32 bits per heavy atom. The summed E-state index contributed by atoms with van der Waals surface area (Å²) in [6, 6.07) is 2.58. The molecule has 0 atom stereocenters. The fourth-order valence-corrected chi connectivity index (χ4v) is 2.83. The summed E-state index contributed by atoms with van der Waals surface area (Å²) < 4.78 is 24.1. The van der Waals surface area contributed by atoms with Gasteiger partial charge in [-0.2, -0.15) is 4.39 Å². The van der Waals surface area contributed by atoms with E-state index in [0.717, 1.165) is 0 Å². The van der Waals surface area contributed by atoms with Crippen molar-refractivity contribution in [3.63, 3.8) is 0 Å². The van der Waals surface area contributed by atoms with E-state index in [0.29, 0.717) is 30.7 Å². The van der Waals surface area contributed by atoms with E-state index in [1.807, 2.05) is 0 Å². The van der Waals surface area contributed by atoms with Crippen molar-refractivity contribution in [1.82, 2.24) is 4.98 Å². The Bertz CT molecular complexity index is 527. The Balaban J connectivity index is 2.66. The van der Waals surface area contributed by atoms with Crippen LogP contribution in [0, 0.1) is 5.95 Å². The van der Waals surface area contributed by atoms with E-state index in [4.69, 9.17) is 9.16 Å². The molecule has 0 aliphatic heterocycles. The van der Waals surface area contributed by atoms with Gasteiger partial charge in [0.25, 0.3) is 0 Å². The van der Waals surface area contributed by atoms with Crippen molar-refractivity contribution in [2.45, 2.75) is 51.7 Å². The van der Waals surface area contributed by atoms with Gasteiger partial charge < -0.3 is 9.16 Å². The number of hydrogen-bond donors (Lipinski definition) is 0. The fraction of sp³-hybridized carbons (Fsp3) is 0.625. The molecule has 1 heterocycles. The van der Waals surface area contributed by atoms with E-state index in [2.05, 4.69) is 38.8 Å². The quantitative estimate of drug-likeness (QED) is 0.343. The van der Waals surface area contributed by atoms with Gasteiger partial charge in [-0.15, -0.1) is 0 Å². The molecule has 0 saturated carbocycles. The average Bonchev–Trinajstić information content (AvgIpc) is 2.41. The first-order valence-corrected chi connectivity index (χ1v) is 10.4. The van der Waals surface area contributed by atoms with Crippen LogP contribution < -0.4 is 0 Å². The monoisotopic (exact) mass is 327 g/mol. The van der Waals surface area contributed by atoms with Crippen molar-refractivity contribution in [3.8, 4) is 0 Å². The molecular formula is C16H26FNO3Si. The lowest BCUT2D eigenvalue weighted by atomic mass is 10.1. The molecule has 0 N–H and O–H groups in total. The summed E-state index contributed by atoms with van der Waals surface area (Å²) in [5.74, 6) is -1.08. The summed E-state index contributed by atoms with van der Waals surface area (Å²) in [5, 5.41) is 0.154. The van der Waals surface area contributed by atoms with Crippen LogP contribution in [-0.4, -0.2) is 33.0 Å². The van der Waals surface area contributed by atoms with Crippen LogP contribution in [0.4, 0.5) is 4.39 Å². The maximum atomic E-state index is 13.3. The lowest BCUT2D eigenvalue weighted by Crippen LogP contribution is -2.41. The highest BCUT2D eigenvalue weighted by Gasteiger charge is 2.36. The number of methoxy groups -OCH3 is 1. The second-order valence-electron chi connectivity index (χ2n) is 6.83. The molecule has 0 radical (unpaired) electrons. The molecule has 1 rings (SSSR count). The van der Waals surface area contributed by atoms with E-state index in [1.54, 1.807) is 0 Å². The minimum Gasteiger partial charge on any atom is -0.465 e. The Morgan fingerprint density at radius 2 is 1.95 bits per heavy atom. The van der Waals surface area contributed by atoms with Crippen LogP contribution in [0.1, 0.15) is 43.2 Å². The number of aromatic nitrogens is 1. The smallest absolute Gasteiger partial charge is 0.339 e. The molecule has 0 spiro atoms. The summed E-state index contributed by atoms with van der Waals surface area (Å²) >= 11 is 0. The molecule has 124 valence electrons. The minimum absolute atomic E-state index is 0.154. The predicted octanol–water partition coefficient (Wildman–Crippen LogP) is 3.96. The van der Waals surface area contributed by atoms with Crippen LogP contribution in [-0.2, 0) is 15.6 Å². The zero-order chi connectivity index (χ0) is 17.0. The van der Waals surface area contributed by atoms with Gasteiger partial charge in [-0.1, -0.05) is 20.8 Å². The Labute approximate surface area is 133 Å². The topological polar surface area (TPSA) is 48.4 Å². The molecule has 0 unspecified atom stereocenters. The Kier molecular flexibility index (Phi) is 6.25. The van der Waals surface area contributed by atoms with E-state index in [-0.39, 0.29) is 5.04 Å². The van der Waals surface area contributed by atoms with Gasteiger partial charge in [0.05, 0.1) is 18.4 Å². The molecule has 0 aliphatic carbocycles. The third kappa shape index (κ3) is 4.88. The van der Waals surface area contributed by atoms with Crippen molar-refractivity contribution in [2.24, 2.45) is 0 Å². The summed E-state index contributed by atoms with van der Waals surface area (Å²) in [6.07, 6.45) is 1.17. The largest absolute Gasteiger partial charge is 0.465 e. The normalized spacial score (nSPS) is 12.3. The summed E-state index contributed by atoms with van der Waals surface area (Å²) in [6.45, 7) is 11.5. The number of pyridine rings is 1. The molecule has 22 heavy (non-hydrogen) atoms. The number of halogens is 1. The van der Waals surface area contributed by atoms with Crippen LogP contribution in [0.2, 0.25) is 18.1 Å². The van der Waals surface area contributed by atoms with Crippen molar-refractivity contribution in [1.29, 1.82) is 0 Å². The van der Waals surface area contributed by atoms with E-state index >= 15 is 0 Å². The van der Waals surface area contributed by atoms with Crippen LogP contribution in [0.15, 0.2) is 12.1 Å². The summed E-state index contributed by atoms with van der Waals surface area (Å²) in [5.41, 5.74) is 0.738. The molecule has 0 amide bonds. The number of ether oxygens (including phenoxy) is 1. The third-order valence-electron chi connectivity index (χ3n) is 4.17. The van der Waals surface area contributed by atoms with E-state index in [9.17, 15) is 9.18 Å². The lowest BCUT2D eigenvalue weighted by molar-refractivity contribution is 0.0598. The first-order chi connectivity index (χ1) is 10.1. The number of carbonyl (C=O) groups is 1.